The number of H-pyrrole nitrogens is 1. The molecule has 0 fully saturated rings. The average Bonchev–Trinajstić information content (AvgIpc) is 2.96. The van der Waals surface area contributed by atoms with Crippen LogP contribution in [0.3, 0.4) is 0 Å². The molecule has 0 spiro atoms. The fraction of sp³-hybridized carbons (Fsp3) is 0.211. The highest BCUT2D eigenvalue weighted by Gasteiger charge is 2.31. The molecule has 0 radical (unpaired) electrons. The zero-order chi connectivity index (χ0) is 17.6. The smallest absolute Gasteiger partial charge is 0.410 e. The number of hydrogen-bond acceptors (Lipinski definition) is 2. The van der Waals surface area contributed by atoms with E-state index in [1.807, 2.05) is 19.1 Å². The fourth-order valence-electron chi connectivity index (χ4n) is 3.36. The van der Waals surface area contributed by atoms with E-state index >= 15 is 0 Å². The second-order valence-electron chi connectivity index (χ2n) is 6.15. The van der Waals surface area contributed by atoms with Crippen molar-refractivity contribution in [3.63, 3.8) is 0 Å². The summed E-state index contributed by atoms with van der Waals surface area (Å²) in [5.74, 6) is -0.0232. The maximum atomic E-state index is 13.0. The van der Waals surface area contributed by atoms with Crippen LogP contribution >= 0.6 is 15.9 Å². The van der Waals surface area contributed by atoms with E-state index in [-0.39, 0.29) is 11.9 Å². The monoisotopic (exact) mass is 402 g/mol. The van der Waals surface area contributed by atoms with Crippen molar-refractivity contribution in [2.75, 3.05) is 6.54 Å². The van der Waals surface area contributed by atoms with E-state index in [9.17, 15) is 9.18 Å². The van der Waals surface area contributed by atoms with Gasteiger partial charge in [-0.25, -0.2) is 9.18 Å². The van der Waals surface area contributed by atoms with Crippen molar-refractivity contribution in [3.05, 3.63) is 64.0 Å². The minimum Gasteiger partial charge on any atom is -0.410 e. The molecule has 1 amide bonds. The Morgan fingerprint density at radius 1 is 1.28 bits per heavy atom. The molecule has 1 N–H and O–H groups in total. The summed E-state index contributed by atoms with van der Waals surface area (Å²) in [4.78, 5) is 17.7. The van der Waals surface area contributed by atoms with E-state index in [0.29, 0.717) is 12.3 Å². The molecule has 4 rings (SSSR count). The maximum Gasteiger partial charge on any atom is 0.415 e. The van der Waals surface area contributed by atoms with Gasteiger partial charge in [-0.1, -0.05) is 15.9 Å². The zero-order valence-corrected chi connectivity index (χ0v) is 15.1. The first-order valence-electron chi connectivity index (χ1n) is 8.07. The van der Waals surface area contributed by atoms with Crippen LogP contribution in [0.1, 0.15) is 24.2 Å². The lowest BCUT2D eigenvalue weighted by Crippen LogP contribution is -2.40. The molecular formula is C19H16BrFN2O2. The number of nitrogens with one attached hydrogen (secondary N) is 1. The lowest BCUT2D eigenvalue weighted by Gasteiger charge is -2.32. The quantitative estimate of drug-likeness (QED) is 0.608. The van der Waals surface area contributed by atoms with Gasteiger partial charge in [0.25, 0.3) is 0 Å². The molecule has 1 aliphatic rings. The first-order chi connectivity index (χ1) is 12.0. The van der Waals surface area contributed by atoms with E-state index < -0.39 is 6.09 Å². The van der Waals surface area contributed by atoms with Crippen molar-refractivity contribution < 1.29 is 13.9 Å². The summed E-state index contributed by atoms with van der Waals surface area (Å²) in [6.07, 6.45) is 0.332. The Morgan fingerprint density at radius 3 is 2.80 bits per heavy atom. The van der Waals surface area contributed by atoms with Gasteiger partial charge >= 0.3 is 6.09 Å². The molecule has 2 heterocycles. The number of ether oxygens (including phenoxy) is 1. The molecule has 128 valence electrons. The van der Waals surface area contributed by atoms with Crippen molar-refractivity contribution in [2.24, 2.45) is 0 Å². The normalized spacial score (nSPS) is 16.8. The van der Waals surface area contributed by atoms with Crippen LogP contribution in [0.2, 0.25) is 0 Å². The summed E-state index contributed by atoms with van der Waals surface area (Å²) in [5, 5.41) is 1.18. The molecule has 3 aromatic rings. The second-order valence-corrected chi connectivity index (χ2v) is 7.06. The Balaban J connectivity index is 1.60. The Kier molecular flexibility index (Phi) is 4.00. The average molecular weight is 403 g/mol. The van der Waals surface area contributed by atoms with Crippen LogP contribution in [0, 0.1) is 5.82 Å². The van der Waals surface area contributed by atoms with Crippen LogP contribution in [0.15, 0.2) is 46.9 Å². The molecular weight excluding hydrogens is 387 g/mol. The number of hydrogen-bond donors (Lipinski definition) is 1. The van der Waals surface area contributed by atoms with Crippen LogP contribution in [0.5, 0.6) is 5.75 Å². The van der Waals surface area contributed by atoms with E-state index in [1.165, 1.54) is 35.2 Å². The molecule has 1 unspecified atom stereocenters. The van der Waals surface area contributed by atoms with Gasteiger partial charge in [-0.15, -0.1) is 0 Å². The van der Waals surface area contributed by atoms with E-state index in [0.717, 1.165) is 22.1 Å². The molecule has 0 saturated heterocycles. The lowest BCUT2D eigenvalue weighted by molar-refractivity contribution is 0.130. The minimum atomic E-state index is -0.426. The van der Waals surface area contributed by atoms with Crippen molar-refractivity contribution in [2.45, 2.75) is 19.4 Å². The topological polar surface area (TPSA) is 45.3 Å². The molecule has 0 bridgehead atoms. The molecule has 1 atom stereocenters. The Hall–Kier alpha value is -2.34. The number of carbonyl (C=O) groups is 1. The Morgan fingerprint density at radius 2 is 2.04 bits per heavy atom. The number of aromatic amines is 1. The summed E-state index contributed by atoms with van der Waals surface area (Å²) < 4.78 is 19.4. The molecule has 6 heteroatoms. The number of rotatable bonds is 1. The molecule has 0 saturated carbocycles. The number of amides is 1. The largest absolute Gasteiger partial charge is 0.415 e. The van der Waals surface area contributed by atoms with Gasteiger partial charge in [0.05, 0.1) is 6.04 Å². The van der Waals surface area contributed by atoms with Gasteiger partial charge in [-0.05, 0) is 61.4 Å². The molecule has 25 heavy (non-hydrogen) atoms. The van der Waals surface area contributed by atoms with E-state index in [1.54, 1.807) is 4.90 Å². The summed E-state index contributed by atoms with van der Waals surface area (Å²) in [6.45, 7) is 2.56. The molecule has 0 aliphatic carbocycles. The van der Waals surface area contributed by atoms with Crippen LogP contribution in [-0.2, 0) is 6.42 Å². The van der Waals surface area contributed by atoms with Crippen molar-refractivity contribution >= 4 is 32.9 Å². The third-order valence-corrected chi connectivity index (χ3v) is 5.14. The second kappa shape index (κ2) is 6.19. The molecule has 1 aliphatic heterocycles. The van der Waals surface area contributed by atoms with Gasteiger partial charge in [-0.2, -0.15) is 0 Å². The van der Waals surface area contributed by atoms with Crippen LogP contribution in [0.4, 0.5) is 9.18 Å². The standard InChI is InChI=1S/C19H16BrFN2O2/c1-11-18-15(16-10-12(20)2-7-17(16)22-18)8-9-23(11)19(24)25-14-5-3-13(21)4-6-14/h2-7,10-11,22H,8-9H2,1H3. The fourth-order valence-corrected chi connectivity index (χ4v) is 3.72. The van der Waals surface area contributed by atoms with E-state index in [2.05, 4.69) is 27.0 Å². The van der Waals surface area contributed by atoms with Crippen LogP contribution < -0.4 is 4.74 Å². The predicted octanol–water partition coefficient (Wildman–Crippen LogP) is 5.19. The predicted molar refractivity (Wildman–Crippen MR) is 97.2 cm³/mol. The lowest BCUT2D eigenvalue weighted by atomic mass is 9.99. The van der Waals surface area contributed by atoms with Gasteiger partial charge in [0, 0.05) is 27.6 Å². The van der Waals surface area contributed by atoms with Crippen LogP contribution in [0.25, 0.3) is 10.9 Å². The van der Waals surface area contributed by atoms with Crippen molar-refractivity contribution in [1.82, 2.24) is 9.88 Å². The number of halogens is 2. The van der Waals surface area contributed by atoms with Crippen LogP contribution in [-0.4, -0.2) is 22.5 Å². The molecule has 1 aromatic heterocycles. The minimum absolute atomic E-state index is 0.122. The summed E-state index contributed by atoms with van der Waals surface area (Å²) >= 11 is 3.51. The van der Waals surface area contributed by atoms with Crippen molar-refractivity contribution in [3.8, 4) is 5.75 Å². The summed E-state index contributed by atoms with van der Waals surface area (Å²) in [7, 11) is 0. The van der Waals surface area contributed by atoms with Gasteiger partial charge < -0.3 is 9.72 Å². The first-order valence-corrected chi connectivity index (χ1v) is 8.86. The highest BCUT2D eigenvalue weighted by Crippen LogP contribution is 2.35. The SMILES string of the molecule is CC1c2[nH]c3ccc(Br)cc3c2CCN1C(=O)Oc1ccc(F)cc1. The number of benzene rings is 2. The number of aromatic nitrogens is 1. The van der Waals surface area contributed by atoms with Gasteiger partial charge in [0.2, 0.25) is 0 Å². The number of nitrogens with zero attached hydrogens (tertiary/aromatic N) is 1. The highest BCUT2D eigenvalue weighted by atomic mass is 79.9. The third kappa shape index (κ3) is 2.91. The first kappa shape index (κ1) is 16.1. The maximum absolute atomic E-state index is 13.0. The summed E-state index contributed by atoms with van der Waals surface area (Å²) in [6, 6.07) is 11.5. The van der Waals surface area contributed by atoms with E-state index in [4.69, 9.17) is 4.74 Å². The van der Waals surface area contributed by atoms with Crippen molar-refractivity contribution in [1.29, 1.82) is 0 Å². The zero-order valence-electron chi connectivity index (χ0n) is 13.6. The highest BCUT2D eigenvalue weighted by molar-refractivity contribution is 9.10. The Bertz CT molecular complexity index is 952. The number of carbonyl (C=O) groups excluding carboxylic acids is 1. The molecule has 4 nitrogen and oxygen atoms in total. The third-order valence-electron chi connectivity index (χ3n) is 4.64. The Labute approximate surface area is 152 Å². The van der Waals surface area contributed by atoms with Gasteiger partial charge in [0.15, 0.2) is 0 Å². The molecule has 2 aromatic carbocycles. The van der Waals surface area contributed by atoms with Gasteiger partial charge in [0.1, 0.15) is 11.6 Å². The van der Waals surface area contributed by atoms with Gasteiger partial charge in [-0.3, -0.25) is 4.90 Å². The summed E-state index contributed by atoms with van der Waals surface area (Å²) in [5.41, 5.74) is 3.35. The number of fused-ring (bicyclic) bond motifs is 3.